The second kappa shape index (κ2) is 5.26. The van der Waals surface area contributed by atoms with Crippen LogP contribution in [-0.4, -0.2) is 31.6 Å². The summed E-state index contributed by atoms with van der Waals surface area (Å²) in [6.45, 7) is 13.7. The zero-order valence-corrected chi connectivity index (χ0v) is 12.9. The molecule has 100 valence electrons. The summed E-state index contributed by atoms with van der Waals surface area (Å²) in [6.07, 6.45) is -0.00944. The van der Waals surface area contributed by atoms with Gasteiger partial charge in [-0.25, -0.2) is 0 Å². The number of rotatable bonds is 3. The fraction of sp³-hybridized carbons (Fsp3) is 0.846. The summed E-state index contributed by atoms with van der Waals surface area (Å²) in [7, 11) is -2.49. The molecule has 0 aromatic rings. The highest BCUT2D eigenvalue weighted by Gasteiger charge is 2.43. The van der Waals surface area contributed by atoms with Crippen LogP contribution in [0.15, 0.2) is 11.1 Å². The Morgan fingerprint density at radius 2 is 1.71 bits per heavy atom. The average Bonchev–Trinajstić information content (AvgIpc) is 2.42. The Kier molecular flexibility index (Phi) is 4.62. The molecular formula is C13H25O3P. The largest absolute Gasteiger partial charge is 0.368 e. The van der Waals surface area contributed by atoms with Crippen LogP contribution in [0.25, 0.3) is 0 Å². The van der Waals surface area contributed by atoms with E-state index < -0.39 is 7.37 Å². The van der Waals surface area contributed by atoms with E-state index in [4.69, 9.17) is 9.26 Å². The molecular weight excluding hydrogens is 235 g/mol. The van der Waals surface area contributed by atoms with E-state index in [0.717, 1.165) is 0 Å². The molecule has 0 bridgehead atoms. The van der Waals surface area contributed by atoms with Gasteiger partial charge in [0.25, 0.3) is 0 Å². The summed E-state index contributed by atoms with van der Waals surface area (Å²) in [5.74, 6) is 0.266. The van der Waals surface area contributed by atoms with Gasteiger partial charge in [-0.1, -0.05) is 12.5 Å². The van der Waals surface area contributed by atoms with E-state index in [1.54, 1.807) is 13.3 Å². The molecule has 0 unspecified atom stereocenters. The summed E-state index contributed by atoms with van der Waals surface area (Å²) >= 11 is 0. The Balaban J connectivity index is 2.97. The van der Waals surface area contributed by atoms with Crippen LogP contribution in [0.5, 0.6) is 0 Å². The topological polar surface area (TPSA) is 35.5 Å². The Bertz CT molecular complexity index is 352. The lowest BCUT2D eigenvalue weighted by Crippen LogP contribution is -2.29. The monoisotopic (exact) mass is 260 g/mol. The van der Waals surface area contributed by atoms with E-state index in [9.17, 15) is 4.57 Å². The van der Waals surface area contributed by atoms with E-state index in [0.29, 0.717) is 0 Å². The van der Waals surface area contributed by atoms with Crippen LogP contribution in [0.3, 0.4) is 0 Å². The van der Waals surface area contributed by atoms with Gasteiger partial charge in [-0.05, 0) is 33.3 Å². The number of hydrogen-bond donors (Lipinski definition) is 0. The second-order valence-corrected chi connectivity index (χ2v) is 8.34. The zero-order chi connectivity index (χ0) is 13.4. The minimum Gasteiger partial charge on any atom is -0.368 e. The molecule has 1 heterocycles. The van der Waals surface area contributed by atoms with Crippen molar-refractivity contribution in [2.75, 3.05) is 13.3 Å². The lowest BCUT2D eigenvalue weighted by atomic mass is 9.94. The van der Waals surface area contributed by atoms with Gasteiger partial charge >= 0.3 is 0 Å². The number of hydrogen-bond acceptors (Lipinski definition) is 3. The van der Waals surface area contributed by atoms with Crippen LogP contribution in [0, 0.1) is 5.92 Å². The fourth-order valence-corrected chi connectivity index (χ4v) is 2.94. The van der Waals surface area contributed by atoms with Crippen molar-refractivity contribution >= 4 is 7.37 Å². The van der Waals surface area contributed by atoms with Crippen molar-refractivity contribution in [3.63, 3.8) is 0 Å². The molecule has 4 atom stereocenters. The summed E-state index contributed by atoms with van der Waals surface area (Å²) in [5.41, 5.74) is 2.44. The first kappa shape index (κ1) is 14.9. The molecule has 0 amide bonds. The molecule has 0 aliphatic carbocycles. The standard InChI is InChI=1S/C13H25O3P/c1-8(2)9(3)12-13(16-17(6,7)14)10(4)11(5)15-12/h10-13H,1-7H3/t10-,11-,12+,13-/m0/s1. The highest BCUT2D eigenvalue weighted by Crippen LogP contribution is 2.45. The van der Waals surface area contributed by atoms with Gasteiger partial charge in [-0.3, -0.25) is 4.57 Å². The van der Waals surface area contributed by atoms with Gasteiger partial charge in [0.1, 0.15) is 12.2 Å². The van der Waals surface area contributed by atoms with Gasteiger partial charge in [-0.15, -0.1) is 0 Å². The molecule has 1 rings (SSSR count). The van der Waals surface area contributed by atoms with E-state index in [1.165, 1.54) is 11.1 Å². The Hall–Kier alpha value is -0.110. The third-order valence-corrected chi connectivity index (χ3v) is 4.26. The van der Waals surface area contributed by atoms with E-state index >= 15 is 0 Å². The second-order valence-electron chi connectivity index (χ2n) is 5.63. The smallest absolute Gasteiger partial charge is 0.197 e. The predicted molar refractivity (Wildman–Crippen MR) is 71.9 cm³/mol. The van der Waals surface area contributed by atoms with Crippen molar-refractivity contribution < 1.29 is 13.8 Å². The lowest BCUT2D eigenvalue weighted by molar-refractivity contribution is 0.0467. The normalized spacial score (nSPS) is 33.8. The predicted octanol–water partition coefficient (Wildman–Crippen LogP) is 3.69. The van der Waals surface area contributed by atoms with Crippen molar-refractivity contribution in [1.82, 2.24) is 0 Å². The van der Waals surface area contributed by atoms with Crippen LogP contribution in [0.1, 0.15) is 34.6 Å². The van der Waals surface area contributed by atoms with Gasteiger partial charge in [0.15, 0.2) is 7.37 Å². The number of ether oxygens (including phenoxy) is 1. The third-order valence-electron chi connectivity index (χ3n) is 3.51. The zero-order valence-electron chi connectivity index (χ0n) is 12.0. The molecule has 1 aliphatic rings. The van der Waals surface area contributed by atoms with Crippen LogP contribution >= 0.6 is 7.37 Å². The lowest BCUT2D eigenvalue weighted by Gasteiger charge is -2.25. The first-order chi connectivity index (χ1) is 7.63. The summed E-state index contributed by atoms with van der Waals surface area (Å²) in [5, 5.41) is 0. The molecule has 3 nitrogen and oxygen atoms in total. The molecule has 0 N–H and O–H groups in total. The van der Waals surface area contributed by atoms with Gasteiger partial charge in [0, 0.05) is 19.2 Å². The van der Waals surface area contributed by atoms with Crippen LogP contribution < -0.4 is 0 Å². The fourth-order valence-electron chi connectivity index (χ4n) is 2.05. The minimum absolute atomic E-state index is 0.0572. The molecule has 0 radical (unpaired) electrons. The summed E-state index contributed by atoms with van der Waals surface area (Å²) in [4.78, 5) is 0. The first-order valence-electron chi connectivity index (χ1n) is 6.16. The number of allylic oxidation sites excluding steroid dienone is 1. The first-order valence-corrected chi connectivity index (χ1v) is 8.68. The SMILES string of the molecule is CC(C)=C(C)[C@H]1O[C@@H](C)[C@H](C)[C@@H]1OP(C)(C)=O. The highest BCUT2D eigenvalue weighted by atomic mass is 31.2. The molecule has 17 heavy (non-hydrogen) atoms. The van der Waals surface area contributed by atoms with Crippen molar-refractivity contribution in [1.29, 1.82) is 0 Å². The third kappa shape index (κ3) is 3.67. The van der Waals surface area contributed by atoms with Gasteiger partial charge in [0.05, 0.1) is 6.10 Å². The molecule has 0 aromatic carbocycles. The van der Waals surface area contributed by atoms with Crippen molar-refractivity contribution in [3.05, 3.63) is 11.1 Å². The molecule has 1 fully saturated rings. The van der Waals surface area contributed by atoms with Crippen molar-refractivity contribution in [2.45, 2.75) is 52.9 Å². The highest BCUT2D eigenvalue weighted by molar-refractivity contribution is 7.57. The van der Waals surface area contributed by atoms with E-state index in [-0.39, 0.29) is 24.2 Å². The van der Waals surface area contributed by atoms with Crippen molar-refractivity contribution in [2.24, 2.45) is 5.92 Å². The molecule has 0 saturated carbocycles. The average molecular weight is 260 g/mol. The summed E-state index contributed by atoms with van der Waals surface area (Å²) < 4.78 is 23.6. The maximum absolute atomic E-state index is 11.9. The minimum atomic E-state index is -2.49. The Morgan fingerprint density at radius 1 is 1.18 bits per heavy atom. The van der Waals surface area contributed by atoms with Crippen LogP contribution in [0.2, 0.25) is 0 Å². The Morgan fingerprint density at radius 3 is 2.12 bits per heavy atom. The van der Waals surface area contributed by atoms with Gasteiger partial charge in [0.2, 0.25) is 0 Å². The Labute approximate surface area is 105 Å². The van der Waals surface area contributed by atoms with Crippen LogP contribution in [0.4, 0.5) is 0 Å². The quantitative estimate of drug-likeness (QED) is 0.573. The molecule has 1 saturated heterocycles. The van der Waals surface area contributed by atoms with Crippen molar-refractivity contribution in [3.8, 4) is 0 Å². The van der Waals surface area contributed by atoms with Gasteiger partial charge < -0.3 is 9.26 Å². The molecule has 0 aromatic heterocycles. The van der Waals surface area contributed by atoms with Gasteiger partial charge in [-0.2, -0.15) is 0 Å². The van der Waals surface area contributed by atoms with E-state index in [1.807, 2.05) is 0 Å². The van der Waals surface area contributed by atoms with E-state index in [2.05, 4.69) is 34.6 Å². The van der Waals surface area contributed by atoms with Crippen LogP contribution in [-0.2, 0) is 13.8 Å². The molecule has 0 spiro atoms. The molecule has 4 heteroatoms. The maximum atomic E-state index is 11.9. The molecule has 1 aliphatic heterocycles. The maximum Gasteiger partial charge on any atom is 0.197 e. The summed E-state index contributed by atoms with van der Waals surface area (Å²) in [6, 6.07) is 0.